The molecule has 0 amide bonds. The Kier molecular flexibility index (Phi) is 6.52. The van der Waals surface area contributed by atoms with Crippen molar-refractivity contribution in [2.24, 2.45) is 0 Å². The van der Waals surface area contributed by atoms with Gasteiger partial charge < -0.3 is 0 Å². The van der Waals surface area contributed by atoms with Gasteiger partial charge in [-0.05, 0) is 0 Å². The molecule has 0 spiro atoms. The Labute approximate surface area is 91.6 Å². The first-order valence-electron chi connectivity index (χ1n) is 6.09. The molecule has 0 saturated carbocycles. The monoisotopic (exact) mass is 236 g/mol. The number of rotatable bonds is 7. The van der Waals surface area contributed by atoms with E-state index < -0.39 is 14.8 Å². The predicted octanol–water partition coefficient (Wildman–Crippen LogP) is 4.08. The van der Waals surface area contributed by atoms with Gasteiger partial charge in [0.25, 0.3) is 0 Å². The topological polar surface area (TPSA) is 20.2 Å². The van der Waals surface area contributed by atoms with Crippen LogP contribution in [0.15, 0.2) is 0 Å². The van der Waals surface area contributed by atoms with E-state index >= 15 is 0 Å². The van der Waals surface area contributed by atoms with Crippen molar-refractivity contribution in [1.29, 1.82) is 0 Å². The van der Waals surface area contributed by atoms with E-state index in [1.165, 1.54) is 25.7 Å². The molecule has 0 fully saturated rings. The summed E-state index contributed by atoms with van der Waals surface area (Å²) in [5.41, 5.74) is 0. The normalized spacial score (nSPS) is 14.4. The second kappa shape index (κ2) is 6.25. The Morgan fingerprint density at radius 1 is 0.929 bits per heavy atom. The second-order valence-corrected chi connectivity index (χ2v) is 20.3. The van der Waals surface area contributed by atoms with Gasteiger partial charge in [-0.15, -0.1) is 0 Å². The zero-order chi connectivity index (χ0) is 11.2. The standard InChI is InChI=1S/C11H29OPSi/c1-6-8-10-13(12,11-9-7-2)14(3,4)5/h12-13H,6-11H2,1-5H3. The third kappa shape index (κ3) is 4.42. The van der Waals surface area contributed by atoms with Crippen molar-refractivity contribution in [1.82, 2.24) is 0 Å². The fourth-order valence-electron chi connectivity index (χ4n) is 1.81. The average Bonchev–Trinajstić information content (AvgIpc) is 2.09. The SMILES string of the molecule is CCCC[PH](O)(CCCC)[Si](C)(C)C. The fraction of sp³-hybridized carbons (Fsp3) is 1.00. The van der Waals surface area contributed by atoms with E-state index in [-0.39, 0.29) is 0 Å². The summed E-state index contributed by atoms with van der Waals surface area (Å²) < 4.78 is 0. The van der Waals surface area contributed by atoms with Crippen LogP contribution < -0.4 is 0 Å². The minimum atomic E-state index is -1.85. The Morgan fingerprint density at radius 3 is 1.50 bits per heavy atom. The van der Waals surface area contributed by atoms with Crippen LogP contribution in [0, 0.1) is 0 Å². The number of hydrogen-bond donors (Lipinski definition) is 1. The van der Waals surface area contributed by atoms with Gasteiger partial charge >= 0.3 is 91.2 Å². The quantitative estimate of drug-likeness (QED) is 0.521. The molecule has 0 heterocycles. The van der Waals surface area contributed by atoms with Crippen LogP contribution in [0.3, 0.4) is 0 Å². The molecular weight excluding hydrogens is 207 g/mol. The molecule has 0 aliphatic rings. The van der Waals surface area contributed by atoms with Gasteiger partial charge in [0, 0.05) is 0 Å². The maximum atomic E-state index is 10.8. The van der Waals surface area contributed by atoms with Crippen LogP contribution >= 0.6 is 7.04 Å². The molecule has 0 aliphatic carbocycles. The van der Waals surface area contributed by atoms with Crippen LogP contribution in [-0.2, 0) is 0 Å². The Bertz CT molecular complexity index is 146. The molecule has 0 aromatic rings. The molecule has 1 nitrogen and oxygen atoms in total. The Hall–Kier alpha value is 0.607. The molecule has 0 aromatic heterocycles. The van der Waals surface area contributed by atoms with E-state index in [2.05, 4.69) is 33.5 Å². The average molecular weight is 236 g/mol. The van der Waals surface area contributed by atoms with Gasteiger partial charge in [0.1, 0.15) is 0 Å². The van der Waals surface area contributed by atoms with Crippen molar-refractivity contribution in [2.45, 2.75) is 59.2 Å². The van der Waals surface area contributed by atoms with E-state index in [0.29, 0.717) is 0 Å². The molecular formula is C11H29OPSi. The van der Waals surface area contributed by atoms with Crippen molar-refractivity contribution < 1.29 is 4.89 Å². The molecule has 14 heavy (non-hydrogen) atoms. The Morgan fingerprint density at radius 2 is 1.29 bits per heavy atom. The summed E-state index contributed by atoms with van der Waals surface area (Å²) in [6.07, 6.45) is 7.23. The van der Waals surface area contributed by atoms with Gasteiger partial charge in [-0.25, -0.2) is 0 Å². The summed E-state index contributed by atoms with van der Waals surface area (Å²) >= 11 is 0. The molecule has 0 unspecified atom stereocenters. The first-order valence-corrected chi connectivity index (χ1v) is 13.0. The molecule has 0 saturated heterocycles. The molecule has 3 heteroatoms. The molecule has 0 radical (unpaired) electrons. The van der Waals surface area contributed by atoms with Gasteiger partial charge in [0.15, 0.2) is 0 Å². The van der Waals surface area contributed by atoms with Gasteiger partial charge in [-0.3, -0.25) is 0 Å². The molecule has 0 bridgehead atoms. The summed E-state index contributed by atoms with van der Waals surface area (Å²) in [4.78, 5) is 10.8. The van der Waals surface area contributed by atoms with Crippen LogP contribution in [0.4, 0.5) is 0 Å². The first-order chi connectivity index (χ1) is 6.37. The van der Waals surface area contributed by atoms with Gasteiger partial charge in [0.05, 0.1) is 0 Å². The number of hydrogen-bond acceptors (Lipinski definition) is 1. The second-order valence-electron chi connectivity index (χ2n) is 5.49. The minimum absolute atomic E-state index is 1.15. The van der Waals surface area contributed by atoms with Gasteiger partial charge in [0.2, 0.25) is 0 Å². The van der Waals surface area contributed by atoms with E-state index in [9.17, 15) is 4.89 Å². The van der Waals surface area contributed by atoms with Crippen LogP contribution in [0.2, 0.25) is 19.6 Å². The van der Waals surface area contributed by atoms with E-state index in [1.54, 1.807) is 0 Å². The summed E-state index contributed by atoms with van der Waals surface area (Å²) in [5, 5.41) is 0. The number of unbranched alkanes of at least 4 members (excludes halogenated alkanes) is 2. The zero-order valence-corrected chi connectivity index (χ0v) is 12.7. The summed E-state index contributed by atoms with van der Waals surface area (Å²) in [6, 6.07) is 0. The van der Waals surface area contributed by atoms with E-state index in [1.807, 2.05) is 0 Å². The van der Waals surface area contributed by atoms with Crippen molar-refractivity contribution in [3.63, 3.8) is 0 Å². The van der Waals surface area contributed by atoms with Gasteiger partial charge in [-0.2, -0.15) is 0 Å². The van der Waals surface area contributed by atoms with Crippen LogP contribution in [0.1, 0.15) is 39.5 Å². The fourth-order valence-corrected chi connectivity index (χ4v) is 11.0. The summed E-state index contributed by atoms with van der Waals surface area (Å²) in [7, 11) is -3.14. The van der Waals surface area contributed by atoms with Crippen molar-refractivity contribution >= 4 is 14.8 Å². The van der Waals surface area contributed by atoms with Crippen LogP contribution in [0.25, 0.3) is 0 Å². The van der Waals surface area contributed by atoms with Crippen molar-refractivity contribution in [3.05, 3.63) is 0 Å². The maximum absolute atomic E-state index is 10.8. The molecule has 0 rings (SSSR count). The molecule has 0 atom stereocenters. The predicted molar refractivity (Wildman–Crippen MR) is 73.4 cm³/mol. The Balaban J connectivity index is 4.33. The molecule has 1 N–H and O–H groups in total. The third-order valence-electron chi connectivity index (χ3n) is 3.28. The van der Waals surface area contributed by atoms with Crippen molar-refractivity contribution in [2.75, 3.05) is 12.3 Å². The van der Waals surface area contributed by atoms with E-state index in [4.69, 9.17) is 0 Å². The van der Waals surface area contributed by atoms with Crippen LogP contribution in [-0.4, -0.2) is 25.0 Å². The first kappa shape index (κ1) is 14.6. The zero-order valence-electron chi connectivity index (χ0n) is 10.7. The van der Waals surface area contributed by atoms with E-state index in [0.717, 1.165) is 12.3 Å². The summed E-state index contributed by atoms with van der Waals surface area (Å²) in [5.74, 6) is 0. The summed E-state index contributed by atoms with van der Waals surface area (Å²) in [6.45, 7) is 11.5. The van der Waals surface area contributed by atoms with Crippen LogP contribution in [0.5, 0.6) is 0 Å². The third-order valence-corrected chi connectivity index (χ3v) is 18.3. The van der Waals surface area contributed by atoms with Gasteiger partial charge in [-0.1, -0.05) is 0 Å². The molecule has 0 aromatic carbocycles. The molecule has 0 aliphatic heterocycles. The van der Waals surface area contributed by atoms with Crippen molar-refractivity contribution in [3.8, 4) is 0 Å². The molecule has 88 valence electrons.